The minimum absolute atomic E-state index is 0.366. The maximum Gasteiger partial charge on any atom is 0.260 e. The predicted octanol–water partition coefficient (Wildman–Crippen LogP) is 2.48. The number of hydrogen-bond donors (Lipinski definition) is 0. The van der Waals surface area contributed by atoms with Crippen LogP contribution in [0.2, 0.25) is 0 Å². The number of piperidine rings is 1. The molecule has 18 heavy (non-hydrogen) atoms. The Hall–Kier alpha value is -1.96. The van der Waals surface area contributed by atoms with Gasteiger partial charge in [0.25, 0.3) is 5.91 Å². The minimum Gasteiger partial charge on any atom is -0.322 e. The van der Waals surface area contributed by atoms with Gasteiger partial charge in [-0.25, -0.2) is 8.78 Å². The SMILES string of the molecule is N#CC1CCCCN1C(=O)c1c(F)cccc1F. The molecule has 1 atom stereocenters. The number of hydrogen-bond acceptors (Lipinski definition) is 2. The Labute approximate surface area is 104 Å². The van der Waals surface area contributed by atoms with Crippen LogP contribution in [-0.2, 0) is 0 Å². The Morgan fingerprint density at radius 2 is 2.00 bits per heavy atom. The molecule has 94 valence electrons. The number of nitriles is 1. The van der Waals surface area contributed by atoms with Crippen molar-refractivity contribution < 1.29 is 13.6 Å². The summed E-state index contributed by atoms with van der Waals surface area (Å²) >= 11 is 0. The first-order valence-electron chi connectivity index (χ1n) is 5.79. The van der Waals surface area contributed by atoms with E-state index in [0.717, 1.165) is 25.0 Å². The minimum atomic E-state index is -0.887. The number of rotatable bonds is 1. The van der Waals surface area contributed by atoms with Crippen molar-refractivity contribution in [3.63, 3.8) is 0 Å². The topological polar surface area (TPSA) is 44.1 Å². The van der Waals surface area contributed by atoms with Gasteiger partial charge in [-0.05, 0) is 31.4 Å². The third-order valence-electron chi connectivity index (χ3n) is 3.09. The van der Waals surface area contributed by atoms with E-state index in [-0.39, 0.29) is 0 Å². The van der Waals surface area contributed by atoms with Crippen molar-refractivity contribution in [2.75, 3.05) is 6.54 Å². The van der Waals surface area contributed by atoms with Crippen LogP contribution in [0.1, 0.15) is 29.6 Å². The zero-order chi connectivity index (χ0) is 13.1. The highest BCUT2D eigenvalue weighted by Gasteiger charge is 2.30. The highest BCUT2D eigenvalue weighted by molar-refractivity contribution is 5.95. The fraction of sp³-hybridized carbons (Fsp3) is 0.385. The van der Waals surface area contributed by atoms with Crippen molar-refractivity contribution in [1.82, 2.24) is 4.90 Å². The van der Waals surface area contributed by atoms with Gasteiger partial charge in [-0.3, -0.25) is 4.79 Å². The number of nitrogens with zero attached hydrogens (tertiary/aromatic N) is 2. The molecule has 1 heterocycles. The van der Waals surface area contributed by atoms with E-state index in [2.05, 4.69) is 0 Å². The van der Waals surface area contributed by atoms with E-state index in [0.29, 0.717) is 13.0 Å². The average Bonchev–Trinajstić information content (AvgIpc) is 2.38. The van der Waals surface area contributed by atoms with E-state index in [1.54, 1.807) is 0 Å². The lowest BCUT2D eigenvalue weighted by molar-refractivity contribution is 0.0660. The van der Waals surface area contributed by atoms with Gasteiger partial charge in [0, 0.05) is 6.54 Å². The molecule has 5 heteroatoms. The molecule has 1 fully saturated rings. The van der Waals surface area contributed by atoms with E-state index < -0.39 is 29.1 Å². The second-order valence-corrected chi connectivity index (χ2v) is 4.24. The van der Waals surface area contributed by atoms with E-state index in [1.165, 1.54) is 11.0 Å². The van der Waals surface area contributed by atoms with Crippen molar-refractivity contribution in [1.29, 1.82) is 5.26 Å². The molecule has 0 aromatic heterocycles. The zero-order valence-corrected chi connectivity index (χ0v) is 9.70. The zero-order valence-electron chi connectivity index (χ0n) is 9.70. The van der Waals surface area contributed by atoms with Gasteiger partial charge in [0.15, 0.2) is 0 Å². The first-order chi connectivity index (χ1) is 8.65. The standard InChI is InChI=1S/C13H12F2N2O/c14-10-5-3-6-11(15)12(10)13(18)17-7-2-1-4-9(17)8-16/h3,5-6,9H,1-2,4,7H2. The van der Waals surface area contributed by atoms with Crippen LogP contribution in [-0.4, -0.2) is 23.4 Å². The van der Waals surface area contributed by atoms with Crippen LogP contribution in [0.25, 0.3) is 0 Å². The van der Waals surface area contributed by atoms with Crippen LogP contribution in [0.5, 0.6) is 0 Å². The first kappa shape index (κ1) is 12.5. The molecule has 2 rings (SSSR count). The van der Waals surface area contributed by atoms with Crippen LogP contribution >= 0.6 is 0 Å². The molecule has 3 nitrogen and oxygen atoms in total. The van der Waals surface area contributed by atoms with Crippen LogP contribution in [0.3, 0.4) is 0 Å². The van der Waals surface area contributed by atoms with Gasteiger partial charge in [-0.1, -0.05) is 6.07 Å². The third kappa shape index (κ3) is 2.19. The summed E-state index contributed by atoms with van der Waals surface area (Å²) in [5.74, 6) is -2.51. The third-order valence-corrected chi connectivity index (χ3v) is 3.09. The van der Waals surface area contributed by atoms with Crippen molar-refractivity contribution >= 4 is 5.91 Å². The van der Waals surface area contributed by atoms with Crippen molar-refractivity contribution in [3.05, 3.63) is 35.4 Å². The second kappa shape index (κ2) is 5.13. The molecule has 0 aliphatic carbocycles. The number of carbonyl (C=O) groups excluding carboxylic acids is 1. The highest BCUT2D eigenvalue weighted by atomic mass is 19.1. The van der Waals surface area contributed by atoms with Gasteiger partial charge in [-0.2, -0.15) is 5.26 Å². The number of likely N-dealkylation sites (tertiary alicyclic amines) is 1. The van der Waals surface area contributed by atoms with Gasteiger partial charge >= 0.3 is 0 Å². The lowest BCUT2D eigenvalue weighted by atomic mass is 10.0. The molecular formula is C13H12F2N2O. The van der Waals surface area contributed by atoms with Gasteiger partial charge in [0.2, 0.25) is 0 Å². The fourth-order valence-corrected chi connectivity index (χ4v) is 2.15. The molecular weight excluding hydrogens is 238 g/mol. The number of halogens is 2. The maximum absolute atomic E-state index is 13.5. The van der Waals surface area contributed by atoms with Crippen LogP contribution in [0.15, 0.2) is 18.2 Å². The average molecular weight is 250 g/mol. The van der Waals surface area contributed by atoms with E-state index in [4.69, 9.17) is 5.26 Å². The van der Waals surface area contributed by atoms with E-state index >= 15 is 0 Å². The van der Waals surface area contributed by atoms with Gasteiger partial charge in [-0.15, -0.1) is 0 Å². The molecule has 0 spiro atoms. The fourth-order valence-electron chi connectivity index (χ4n) is 2.15. The quantitative estimate of drug-likeness (QED) is 0.768. The smallest absolute Gasteiger partial charge is 0.260 e. The molecule has 1 amide bonds. The molecule has 1 aliphatic rings. The number of carbonyl (C=O) groups is 1. The normalized spacial score (nSPS) is 19.4. The predicted molar refractivity (Wildman–Crippen MR) is 60.6 cm³/mol. The lowest BCUT2D eigenvalue weighted by Crippen LogP contribution is -2.43. The lowest BCUT2D eigenvalue weighted by Gasteiger charge is -2.31. The Kier molecular flexibility index (Phi) is 3.56. The van der Waals surface area contributed by atoms with Crippen LogP contribution < -0.4 is 0 Å². The Bertz CT molecular complexity index is 490. The maximum atomic E-state index is 13.5. The van der Waals surface area contributed by atoms with Gasteiger partial charge < -0.3 is 4.90 Å². The number of amides is 1. The van der Waals surface area contributed by atoms with Crippen LogP contribution in [0, 0.1) is 23.0 Å². The van der Waals surface area contributed by atoms with Gasteiger partial charge in [0.05, 0.1) is 6.07 Å². The van der Waals surface area contributed by atoms with Crippen molar-refractivity contribution in [2.45, 2.75) is 25.3 Å². The molecule has 1 unspecified atom stereocenters. The molecule has 0 radical (unpaired) electrons. The monoisotopic (exact) mass is 250 g/mol. The van der Waals surface area contributed by atoms with Crippen molar-refractivity contribution in [2.24, 2.45) is 0 Å². The molecule has 0 N–H and O–H groups in total. The van der Waals surface area contributed by atoms with Crippen LogP contribution in [0.4, 0.5) is 8.78 Å². The van der Waals surface area contributed by atoms with E-state index in [1.807, 2.05) is 6.07 Å². The molecule has 0 saturated carbocycles. The second-order valence-electron chi connectivity index (χ2n) is 4.24. The summed E-state index contributed by atoms with van der Waals surface area (Å²) in [6, 6.07) is 4.71. The molecule has 1 aromatic rings. The molecule has 0 bridgehead atoms. The summed E-state index contributed by atoms with van der Waals surface area (Å²) in [6.07, 6.45) is 2.15. The summed E-state index contributed by atoms with van der Waals surface area (Å²) in [7, 11) is 0. The summed E-state index contributed by atoms with van der Waals surface area (Å²) in [6.45, 7) is 0.366. The first-order valence-corrected chi connectivity index (χ1v) is 5.79. The highest BCUT2D eigenvalue weighted by Crippen LogP contribution is 2.21. The Morgan fingerprint density at radius 1 is 1.33 bits per heavy atom. The van der Waals surface area contributed by atoms with Crippen molar-refractivity contribution in [3.8, 4) is 6.07 Å². The summed E-state index contributed by atoms with van der Waals surface area (Å²) in [4.78, 5) is 13.4. The molecule has 1 saturated heterocycles. The number of benzene rings is 1. The van der Waals surface area contributed by atoms with Gasteiger partial charge in [0.1, 0.15) is 23.2 Å². The summed E-state index contributed by atoms with van der Waals surface area (Å²) in [5.41, 5.74) is -0.570. The largest absolute Gasteiger partial charge is 0.322 e. The molecule has 1 aromatic carbocycles. The Balaban J connectivity index is 2.33. The summed E-state index contributed by atoms with van der Waals surface area (Å²) in [5, 5.41) is 8.96. The summed E-state index contributed by atoms with van der Waals surface area (Å²) < 4.78 is 27.0. The Morgan fingerprint density at radius 3 is 2.61 bits per heavy atom. The molecule has 1 aliphatic heterocycles. The van der Waals surface area contributed by atoms with E-state index in [9.17, 15) is 13.6 Å².